The van der Waals surface area contributed by atoms with Crippen molar-refractivity contribution >= 4 is 33.3 Å². The number of anilines is 2. The number of fused-ring (bicyclic) bond motifs is 2. The molecule has 0 spiro atoms. The Morgan fingerprint density at radius 3 is 2.17 bits per heavy atom. The van der Waals surface area contributed by atoms with Crippen LogP contribution in [0.5, 0.6) is 0 Å². The van der Waals surface area contributed by atoms with Gasteiger partial charge in [-0.3, -0.25) is 9.54 Å². The average molecular weight is 427 g/mol. The van der Waals surface area contributed by atoms with Gasteiger partial charge in [0.1, 0.15) is 5.25 Å². The molecule has 1 atom stereocenters. The Bertz CT molecular complexity index is 1090. The third-order valence-corrected chi connectivity index (χ3v) is 7.35. The van der Waals surface area contributed by atoms with Gasteiger partial charge < -0.3 is 4.90 Å². The summed E-state index contributed by atoms with van der Waals surface area (Å²) in [4.78, 5) is 8.83. The second-order valence-electron chi connectivity index (χ2n) is 6.89. The van der Waals surface area contributed by atoms with Gasteiger partial charge >= 0.3 is 0 Å². The van der Waals surface area contributed by atoms with Crippen molar-refractivity contribution in [3.05, 3.63) is 78.1 Å². The van der Waals surface area contributed by atoms with E-state index in [2.05, 4.69) is 22.0 Å². The second-order valence-corrected chi connectivity index (χ2v) is 9.57. The van der Waals surface area contributed by atoms with Crippen LogP contribution in [0.1, 0.15) is 30.0 Å². The molecule has 1 aliphatic rings. The standard InChI is InChI=1S/C22H22N2O3S2/c1-2-16-8-7-9-17(23-16)22(29(25,26)27)14-15-24-18-10-3-5-12-20(18)28-21-13-6-4-11-19(21)24/h3-13,22H,2,14-15H2,1H3,(H,25,26,27). The van der Waals surface area contributed by atoms with Crippen molar-refractivity contribution in [1.29, 1.82) is 0 Å². The maximum absolute atomic E-state index is 12.2. The summed E-state index contributed by atoms with van der Waals surface area (Å²) in [5.41, 5.74) is 3.28. The maximum atomic E-state index is 12.2. The van der Waals surface area contributed by atoms with Gasteiger partial charge in [-0.15, -0.1) is 0 Å². The minimum atomic E-state index is -4.29. The number of aromatic nitrogens is 1. The fourth-order valence-electron chi connectivity index (χ4n) is 3.59. The Morgan fingerprint density at radius 2 is 1.59 bits per heavy atom. The second kappa shape index (κ2) is 8.18. The molecule has 5 nitrogen and oxygen atoms in total. The van der Waals surface area contributed by atoms with Crippen molar-refractivity contribution in [3.8, 4) is 0 Å². The van der Waals surface area contributed by atoms with Crippen molar-refractivity contribution in [2.45, 2.75) is 34.8 Å². The lowest BCUT2D eigenvalue weighted by molar-refractivity contribution is 0.463. The summed E-state index contributed by atoms with van der Waals surface area (Å²) in [5.74, 6) is 0. The zero-order valence-electron chi connectivity index (χ0n) is 16.0. The zero-order chi connectivity index (χ0) is 20.4. The monoisotopic (exact) mass is 426 g/mol. The van der Waals surface area contributed by atoms with E-state index in [0.717, 1.165) is 26.9 Å². The van der Waals surface area contributed by atoms with Crippen LogP contribution in [-0.4, -0.2) is 24.5 Å². The highest BCUT2D eigenvalue weighted by atomic mass is 32.2. The van der Waals surface area contributed by atoms with Crippen molar-refractivity contribution in [2.75, 3.05) is 11.4 Å². The van der Waals surface area contributed by atoms with Gasteiger partial charge in [0.05, 0.1) is 17.1 Å². The van der Waals surface area contributed by atoms with Crippen LogP contribution >= 0.6 is 11.8 Å². The fraction of sp³-hybridized carbons (Fsp3) is 0.227. The third-order valence-electron chi connectivity index (χ3n) is 5.03. The predicted octanol–water partition coefficient (Wildman–Crippen LogP) is 5.27. The summed E-state index contributed by atoms with van der Waals surface area (Å²) in [5, 5.41) is -1.07. The van der Waals surface area contributed by atoms with E-state index in [9.17, 15) is 13.0 Å². The number of hydrogen-bond donors (Lipinski definition) is 1. The molecule has 1 aromatic heterocycles. The molecule has 1 unspecified atom stereocenters. The SMILES string of the molecule is CCc1cccc(C(CCN2c3ccccc3Sc3ccccc32)S(=O)(=O)O)n1. The molecular weight excluding hydrogens is 404 g/mol. The average Bonchev–Trinajstić information content (AvgIpc) is 2.72. The molecule has 4 rings (SSSR count). The van der Waals surface area contributed by atoms with E-state index < -0.39 is 15.4 Å². The number of benzene rings is 2. The van der Waals surface area contributed by atoms with Crippen molar-refractivity contribution in [2.24, 2.45) is 0 Å². The lowest BCUT2D eigenvalue weighted by Crippen LogP contribution is -2.25. The van der Waals surface area contributed by atoms with Crippen LogP contribution in [0.15, 0.2) is 76.5 Å². The first-order valence-corrected chi connectivity index (χ1v) is 11.8. The first-order chi connectivity index (χ1) is 14.0. The van der Waals surface area contributed by atoms with Crippen molar-refractivity contribution in [3.63, 3.8) is 0 Å². The van der Waals surface area contributed by atoms with Gasteiger partial charge in [0.15, 0.2) is 0 Å². The molecule has 7 heteroatoms. The number of rotatable bonds is 6. The summed E-state index contributed by atoms with van der Waals surface area (Å²) in [7, 11) is -4.29. The lowest BCUT2D eigenvalue weighted by Gasteiger charge is -2.33. The van der Waals surface area contributed by atoms with Gasteiger partial charge in [0.25, 0.3) is 10.1 Å². The quantitative estimate of drug-likeness (QED) is 0.542. The molecule has 1 aliphatic heterocycles. The summed E-state index contributed by atoms with van der Waals surface area (Å²) in [6.07, 6.45) is 0.933. The van der Waals surface area contributed by atoms with Crippen molar-refractivity contribution < 1.29 is 13.0 Å². The highest BCUT2D eigenvalue weighted by Gasteiger charge is 2.29. The number of hydrogen-bond acceptors (Lipinski definition) is 5. The van der Waals surface area contributed by atoms with Crippen LogP contribution in [0.3, 0.4) is 0 Å². The van der Waals surface area contributed by atoms with Gasteiger partial charge in [0.2, 0.25) is 0 Å². The molecule has 2 aromatic carbocycles. The lowest BCUT2D eigenvalue weighted by atomic mass is 10.1. The molecule has 2 heterocycles. The Morgan fingerprint density at radius 1 is 0.966 bits per heavy atom. The van der Waals surface area contributed by atoms with Crippen LogP contribution in [0.25, 0.3) is 0 Å². The molecule has 0 aliphatic carbocycles. The Balaban J connectivity index is 1.68. The molecule has 0 saturated carbocycles. The van der Waals surface area contributed by atoms with Crippen LogP contribution < -0.4 is 4.90 Å². The van der Waals surface area contributed by atoms with Gasteiger partial charge in [-0.1, -0.05) is 49.0 Å². The summed E-state index contributed by atoms with van der Waals surface area (Å²) < 4.78 is 34.3. The molecule has 3 aromatic rings. The highest BCUT2D eigenvalue weighted by Crippen LogP contribution is 2.48. The van der Waals surface area contributed by atoms with E-state index in [1.807, 2.05) is 49.4 Å². The van der Waals surface area contributed by atoms with Gasteiger partial charge in [-0.25, -0.2) is 0 Å². The molecule has 0 fully saturated rings. The molecule has 0 bridgehead atoms. The molecule has 29 heavy (non-hydrogen) atoms. The van der Waals surface area contributed by atoms with Gasteiger partial charge in [0, 0.05) is 22.0 Å². The molecule has 0 amide bonds. The van der Waals surface area contributed by atoms with E-state index in [0.29, 0.717) is 18.7 Å². The summed E-state index contributed by atoms with van der Waals surface area (Å²) in [6, 6.07) is 21.5. The molecule has 150 valence electrons. The van der Waals surface area contributed by atoms with E-state index in [1.54, 1.807) is 23.9 Å². The van der Waals surface area contributed by atoms with E-state index in [-0.39, 0.29) is 6.42 Å². The summed E-state index contributed by atoms with van der Waals surface area (Å²) >= 11 is 1.71. The number of aryl methyl sites for hydroxylation is 1. The molecule has 0 radical (unpaired) electrons. The van der Waals surface area contributed by atoms with Crippen LogP contribution in [-0.2, 0) is 16.5 Å². The minimum Gasteiger partial charge on any atom is -0.340 e. The normalized spacial score (nSPS) is 14.2. The smallest absolute Gasteiger partial charge is 0.273 e. The Labute approximate surface area is 175 Å². The number of nitrogens with zero attached hydrogens (tertiary/aromatic N) is 2. The number of para-hydroxylation sites is 2. The first-order valence-electron chi connectivity index (χ1n) is 9.53. The molecular formula is C22H22N2O3S2. The topological polar surface area (TPSA) is 70.5 Å². The van der Waals surface area contributed by atoms with Crippen LogP contribution in [0.2, 0.25) is 0 Å². The predicted molar refractivity (Wildman–Crippen MR) is 117 cm³/mol. The maximum Gasteiger partial charge on any atom is 0.273 e. The van der Waals surface area contributed by atoms with Crippen molar-refractivity contribution in [1.82, 2.24) is 4.98 Å². The van der Waals surface area contributed by atoms with E-state index in [4.69, 9.17) is 0 Å². The van der Waals surface area contributed by atoms with E-state index >= 15 is 0 Å². The number of pyridine rings is 1. The minimum absolute atomic E-state index is 0.229. The van der Waals surface area contributed by atoms with Gasteiger partial charge in [-0.2, -0.15) is 8.42 Å². The Hall–Kier alpha value is -2.35. The third kappa shape index (κ3) is 4.17. The van der Waals surface area contributed by atoms with E-state index in [1.165, 1.54) is 0 Å². The van der Waals surface area contributed by atoms with Crippen LogP contribution in [0, 0.1) is 0 Å². The zero-order valence-corrected chi connectivity index (χ0v) is 17.7. The largest absolute Gasteiger partial charge is 0.340 e. The highest BCUT2D eigenvalue weighted by molar-refractivity contribution is 7.99. The fourth-order valence-corrected chi connectivity index (χ4v) is 5.53. The summed E-state index contributed by atoms with van der Waals surface area (Å²) in [6.45, 7) is 2.41. The first kappa shape index (κ1) is 19.9. The molecule has 1 N–H and O–H groups in total. The Kier molecular flexibility index (Phi) is 5.63. The van der Waals surface area contributed by atoms with Gasteiger partial charge in [-0.05, 0) is 49.2 Å². The van der Waals surface area contributed by atoms with Crippen LogP contribution in [0.4, 0.5) is 11.4 Å². The molecule has 0 saturated heterocycles.